The van der Waals surface area contributed by atoms with Gasteiger partial charge in [-0.15, -0.1) is 0 Å². The van der Waals surface area contributed by atoms with Gasteiger partial charge in [0.15, 0.2) is 0 Å². The molecule has 3 nitrogen and oxygen atoms in total. The van der Waals surface area contributed by atoms with Gasteiger partial charge < -0.3 is 10.0 Å². The molecular weight excluding hydrogens is 274 g/mol. The van der Waals surface area contributed by atoms with Crippen molar-refractivity contribution in [3.8, 4) is 0 Å². The van der Waals surface area contributed by atoms with Crippen LogP contribution in [0.15, 0.2) is 48.5 Å². The molecule has 0 atom stereocenters. The van der Waals surface area contributed by atoms with E-state index in [1.165, 1.54) is 5.56 Å². The van der Waals surface area contributed by atoms with Gasteiger partial charge in [0, 0.05) is 19.3 Å². The van der Waals surface area contributed by atoms with Crippen LogP contribution >= 0.6 is 0 Å². The third-order valence-electron chi connectivity index (χ3n) is 3.61. The van der Waals surface area contributed by atoms with Crippen LogP contribution in [-0.4, -0.2) is 18.1 Å². The number of rotatable bonds is 6. The minimum Gasteiger partial charge on any atom is -0.478 e. The second-order valence-electron chi connectivity index (χ2n) is 6.13. The van der Waals surface area contributed by atoms with E-state index < -0.39 is 5.97 Å². The van der Waals surface area contributed by atoms with Crippen LogP contribution in [0.2, 0.25) is 0 Å². The molecule has 0 fully saturated rings. The molecule has 2 aromatic rings. The van der Waals surface area contributed by atoms with Crippen LogP contribution in [0.5, 0.6) is 0 Å². The zero-order valence-corrected chi connectivity index (χ0v) is 13.4. The topological polar surface area (TPSA) is 40.5 Å². The summed E-state index contributed by atoms with van der Waals surface area (Å²) in [4.78, 5) is 13.1. The number of hydrogen-bond acceptors (Lipinski definition) is 2. The van der Waals surface area contributed by atoms with Crippen LogP contribution in [-0.2, 0) is 13.0 Å². The Morgan fingerprint density at radius 3 is 2.36 bits per heavy atom. The van der Waals surface area contributed by atoms with Crippen molar-refractivity contribution >= 4 is 11.7 Å². The van der Waals surface area contributed by atoms with Gasteiger partial charge >= 0.3 is 5.97 Å². The van der Waals surface area contributed by atoms with Gasteiger partial charge in [0.05, 0.1) is 5.56 Å². The lowest BCUT2D eigenvalue weighted by molar-refractivity contribution is 0.0696. The Morgan fingerprint density at radius 2 is 1.77 bits per heavy atom. The van der Waals surface area contributed by atoms with Crippen molar-refractivity contribution in [2.24, 2.45) is 5.92 Å². The highest BCUT2D eigenvalue weighted by molar-refractivity contribution is 5.87. The van der Waals surface area contributed by atoms with Crippen molar-refractivity contribution in [3.63, 3.8) is 0 Å². The summed E-state index contributed by atoms with van der Waals surface area (Å²) in [6.07, 6.45) is 1.09. The van der Waals surface area contributed by atoms with Gasteiger partial charge in [0.1, 0.15) is 0 Å². The van der Waals surface area contributed by atoms with E-state index in [-0.39, 0.29) is 0 Å². The largest absolute Gasteiger partial charge is 0.478 e. The Hall–Kier alpha value is -2.29. The molecule has 0 aliphatic heterocycles. The second kappa shape index (κ2) is 7.12. The fraction of sp³-hybridized carbons (Fsp3) is 0.316. The fourth-order valence-corrected chi connectivity index (χ4v) is 2.53. The normalized spacial score (nSPS) is 10.7. The van der Waals surface area contributed by atoms with Gasteiger partial charge in [-0.25, -0.2) is 4.79 Å². The molecule has 116 valence electrons. The molecule has 2 rings (SSSR count). The highest BCUT2D eigenvalue weighted by atomic mass is 16.4. The lowest BCUT2D eigenvalue weighted by Gasteiger charge is -2.20. The second-order valence-corrected chi connectivity index (χ2v) is 6.13. The first-order valence-corrected chi connectivity index (χ1v) is 7.58. The third kappa shape index (κ3) is 4.35. The number of aromatic carboxylic acids is 1. The number of anilines is 1. The summed E-state index contributed by atoms with van der Waals surface area (Å²) in [6, 6.07) is 15.7. The quantitative estimate of drug-likeness (QED) is 0.868. The molecule has 0 saturated carbocycles. The Labute approximate surface area is 132 Å². The summed E-state index contributed by atoms with van der Waals surface area (Å²) < 4.78 is 0. The van der Waals surface area contributed by atoms with Crippen molar-refractivity contribution in [1.82, 2.24) is 0 Å². The maximum absolute atomic E-state index is 11.0. The summed E-state index contributed by atoms with van der Waals surface area (Å²) in [6.45, 7) is 5.12. The lowest BCUT2D eigenvalue weighted by atomic mass is 10.0. The number of carboxylic acid groups (broad SMARTS) is 1. The first kappa shape index (κ1) is 16.1. The van der Waals surface area contributed by atoms with E-state index in [4.69, 9.17) is 5.11 Å². The van der Waals surface area contributed by atoms with Crippen molar-refractivity contribution in [2.45, 2.75) is 26.8 Å². The minimum absolute atomic E-state index is 0.332. The smallest absolute Gasteiger partial charge is 0.335 e. The summed E-state index contributed by atoms with van der Waals surface area (Å²) in [5.41, 5.74) is 3.81. The third-order valence-corrected chi connectivity index (χ3v) is 3.61. The van der Waals surface area contributed by atoms with E-state index in [1.54, 1.807) is 18.2 Å². The number of benzene rings is 2. The highest BCUT2D eigenvalue weighted by Gasteiger charge is 2.06. The standard InChI is InChI=1S/C19H23NO2/c1-14(2)11-15-7-9-18(10-8-15)20(3)13-16-5-4-6-17(12-16)19(21)22/h4-10,12,14H,11,13H2,1-3H3,(H,21,22). The van der Waals surface area contributed by atoms with Gasteiger partial charge in [-0.3, -0.25) is 0 Å². The number of carboxylic acids is 1. The van der Waals surface area contributed by atoms with Gasteiger partial charge in [0.2, 0.25) is 0 Å². The summed E-state index contributed by atoms with van der Waals surface area (Å²) in [5.74, 6) is -0.232. The van der Waals surface area contributed by atoms with Crippen LogP contribution in [0.1, 0.15) is 35.3 Å². The molecule has 0 spiro atoms. The fourth-order valence-electron chi connectivity index (χ4n) is 2.53. The molecule has 0 aromatic heterocycles. The van der Waals surface area contributed by atoms with Crippen molar-refractivity contribution in [1.29, 1.82) is 0 Å². The number of carbonyl (C=O) groups is 1. The highest BCUT2D eigenvalue weighted by Crippen LogP contribution is 2.18. The molecule has 1 N–H and O–H groups in total. The SMILES string of the molecule is CC(C)Cc1ccc(N(C)Cc2cccc(C(=O)O)c2)cc1. The van der Waals surface area contributed by atoms with E-state index in [0.29, 0.717) is 18.0 Å². The maximum atomic E-state index is 11.0. The van der Waals surface area contributed by atoms with Gasteiger partial charge in [-0.2, -0.15) is 0 Å². The summed E-state index contributed by atoms with van der Waals surface area (Å²) in [7, 11) is 2.02. The van der Waals surface area contributed by atoms with Crippen LogP contribution < -0.4 is 4.90 Å². The van der Waals surface area contributed by atoms with Crippen LogP contribution in [0, 0.1) is 5.92 Å². The molecular formula is C19H23NO2. The zero-order chi connectivity index (χ0) is 16.1. The van der Waals surface area contributed by atoms with Crippen LogP contribution in [0.4, 0.5) is 5.69 Å². The van der Waals surface area contributed by atoms with E-state index in [9.17, 15) is 4.79 Å². The van der Waals surface area contributed by atoms with Crippen molar-refractivity contribution < 1.29 is 9.90 Å². The van der Waals surface area contributed by atoms with Crippen molar-refractivity contribution in [2.75, 3.05) is 11.9 Å². The number of nitrogens with zero attached hydrogens (tertiary/aromatic N) is 1. The minimum atomic E-state index is -0.887. The molecule has 0 bridgehead atoms. The molecule has 3 heteroatoms. The predicted molar refractivity (Wildman–Crippen MR) is 90.5 cm³/mol. The van der Waals surface area contributed by atoms with E-state index >= 15 is 0 Å². The Balaban J connectivity index is 2.07. The molecule has 2 aromatic carbocycles. The maximum Gasteiger partial charge on any atom is 0.335 e. The van der Waals surface area contributed by atoms with Crippen molar-refractivity contribution in [3.05, 3.63) is 65.2 Å². The van der Waals surface area contributed by atoms with Gasteiger partial charge in [0.25, 0.3) is 0 Å². The molecule has 0 unspecified atom stereocenters. The molecule has 0 heterocycles. The summed E-state index contributed by atoms with van der Waals surface area (Å²) >= 11 is 0. The monoisotopic (exact) mass is 297 g/mol. The Bertz CT molecular complexity index is 632. The van der Waals surface area contributed by atoms with Crippen LogP contribution in [0.25, 0.3) is 0 Å². The molecule has 0 aliphatic carbocycles. The zero-order valence-electron chi connectivity index (χ0n) is 13.4. The summed E-state index contributed by atoms with van der Waals surface area (Å²) in [5, 5.41) is 9.05. The average molecular weight is 297 g/mol. The van der Waals surface area contributed by atoms with Gasteiger partial charge in [-0.1, -0.05) is 38.1 Å². The Kier molecular flexibility index (Phi) is 5.21. The molecule has 0 aliphatic rings. The van der Waals surface area contributed by atoms with Crippen LogP contribution in [0.3, 0.4) is 0 Å². The number of hydrogen-bond donors (Lipinski definition) is 1. The van der Waals surface area contributed by atoms with E-state index in [1.807, 2.05) is 13.1 Å². The average Bonchev–Trinajstić information content (AvgIpc) is 2.47. The van der Waals surface area contributed by atoms with E-state index in [2.05, 4.69) is 43.0 Å². The lowest BCUT2D eigenvalue weighted by Crippen LogP contribution is -2.16. The Morgan fingerprint density at radius 1 is 1.09 bits per heavy atom. The van der Waals surface area contributed by atoms with E-state index in [0.717, 1.165) is 17.7 Å². The first-order chi connectivity index (χ1) is 10.5. The first-order valence-electron chi connectivity index (χ1n) is 7.58. The molecule has 0 amide bonds. The molecule has 22 heavy (non-hydrogen) atoms. The predicted octanol–water partition coefficient (Wildman–Crippen LogP) is 4.22. The van der Waals surface area contributed by atoms with Gasteiger partial charge in [-0.05, 0) is 47.7 Å². The molecule has 0 radical (unpaired) electrons. The molecule has 0 saturated heterocycles.